The number of alkyl halides is 2. The van der Waals surface area contributed by atoms with E-state index in [9.17, 15) is 13.6 Å². The molecule has 1 amide bonds. The molecule has 1 heterocycles. The summed E-state index contributed by atoms with van der Waals surface area (Å²) in [7, 11) is 3.03. The van der Waals surface area contributed by atoms with Crippen molar-refractivity contribution in [3.63, 3.8) is 0 Å². The molecule has 0 aliphatic rings. The lowest BCUT2D eigenvalue weighted by atomic mass is 10.1. The van der Waals surface area contributed by atoms with Gasteiger partial charge in [0.2, 0.25) is 11.8 Å². The van der Waals surface area contributed by atoms with Crippen LogP contribution in [0.4, 0.5) is 8.78 Å². The molecule has 2 aromatic rings. The standard InChI is InChI=1S/C19H25F2N3O4/c1-4-6-16-22-17(28-23-16)7-5-8-18(25)24(2)12-13-9-10-14(26-3)15(11-13)27-19(20)21/h9-11,19H,4-8,12H2,1-3H3. The number of benzene rings is 1. The third kappa shape index (κ3) is 6.47. The largest absolute Gasteiger partial charge is 0.493 e. The van der Waals surface area contributed by atoms with Crippen LogP contribution in [0, 0.1) is 0 Å². The minimum Gasteiger partial charge on any atom is -0.493 e. The van der Waals surface area contributed by atoms with E-state index >= 15 is 0 Å². The van der Waals surface area contributed by atoms with Crippen molar-refractivity contribution >= 4 is 5.91 Å². The maximum Gasteiger partial charge on any atom is 0.387 e. The zero-order valence-corrected chi connectivity index (χ0v) is 16.3. The van der Waals surface area contributed by atoms with E-state index < -0.39 is 6.61 Å². The Kier molecular flexibility index (Phi) is 8.16. The number of carbonyl (C=O) groups excluding carboxylic acids is 1. The molecule has 0 atom stereocenters. The van der Waals surface area contributed by atoms with Crippen molar-refractivity contribution in [2.24, 2.45) is 0 Å². The Morgan fingerprint density at radius 1 is 1.29 bits per heavy atom. The second kappa shape index (κ2) is 10.6. The van der Waals surface area contributed by atoms with E-state index in [2.05, 4.69) is 14.9 Å². The Bertz CT molecular complexity index is 767. The number of methoxy groups -OCH3 is 1. The summed E-state index contributed by atoms with van der Waals surface area (Å²) in [6.07, 6.45) is 3.14. The Labute approximate surface area is 162 Å². The van der Waals surface area contributed by atoms with Crippen LogP contribution in [-0.4, -0.2) is 41.7 Å². The highest BCUT2D eigenvalue weighted by atomic mass is 19.3. The van der Waals surface area contributed by atoms with Crippen molar-refractivity contribution in [3.05, 3.63) is 35.5 Å². The van der Waals surface area contributed by atoms with Gasteiger partial charge in [0.15, 0.2) is 17.3 Å². The van der Waals surface area contributed by atoms with Crippen molar-refractivity contribution in [2.45, 2.75) is 52.2 Å². The van der Waals surface area contributed by atoms with Gasteiger partial charge in [-0.15, -0.1) is 0 Å². The number of carbonyl (C=O) groups is 1. The van der Waals surface area contributed by atoms with Crippen LogP contribution in [0.1, 0.15) is 43.5 Å². The van der Waals surface area contributed by atoms with Crippen LogP contribution in [0.25, 0.3) is 0 Å². The summed E-state index contributed by atoms with van der Waals surface area (Å²) in [5, 5.41) is 3.88. The Morgan fingerprint density at radius 3 is 2.75 bits per heavy atom. The second-order valence-electron chi connectivity index (χ2n) is 6.32. The predicted molar refractivity (Wildman–Crippen MR) is 97.3 cm³/mol. The van der Waals surface area contributed by atoms with Crippen LogP contribution in [0.3, 0.4) is 0 Å². The zero-order valence-electron chi connectivity index (χ0n) is 16.3. The first kappa shape index (κ1) is 21.6. The molecule has 0 spiro atoms. The molecule has 0 N–H and O–H groups in total. The number of aromatic nitrogens is 2. The van der Waals surface area contributed by atoms with E-state index in [-0.39, 0.29) is 24.0 Å². The highest BCUT2D eigenvalue weighted by molar-refractivity contribution is 5.75. The van der Waals surface area contributed by atoms with Crippen LogP contribution in [0.2, 0.25) is 0 Å². The third-order valence-corrected chi connectivity index (χ3v) is 4.05. The van der Waals surface area contributed by atoms with Gasteiger partial charge in [-0.05, 0) is 30.5 Å². The molecular weight excluding hydrogens is 372 g/mol. The number of hydrogen-bond donors (Lipinski definition) is 0. The zero-order chi connectivity index (χ0) is 20.5. The molecule has 154 valence electrons. The number of halogens is 2. The summed E-state index contributed by atoms with van der Waals surface area (Å²) >= 11 is 0. The fourth-order valence-electron chi connectivity index (χ4n) is 2.67. The highest BCUT2D eigenvalue weighted by Crippen LogP contribution is 2.29. The topological polar surface area (TPSA) is 77.7 Å². The van der Waals surface area contributed by atoms with E-state index in [4.69, 9.17) is 9.26 Å². The Hall–Kier alpha value is -2.71. The highest BCUT2D eigenvalue weighted by Gasteiger charge is 2.15. The average molecular weight is 397 g/mol. The van der Waals surface area contributed by atoms with Crippen LogP contribution in [0.5, 0.6) is 11.5 Å². The van der Waals surface area contributed by atoms with Gasteiger partial charge in [0.25, 0.3) is 0 Å². The van der Waals surface area contributed by atoms with E-state index in [1.807, 2.05) is 6.92 Å². The Morgan fingerprint density at radius 2 is 2.07 bits per heavy atom. The molecule has 0 unspecified atom stereocenters. The van der Waals surface area contributed by atoms with E-state index in [1.54, 1.807) is 13.1 Å². The smallest absolute Gasteiger partial charge is 0.387 e. The number of nitrogens with zero attached hydrogens (tertiary/aromatic N) is 3. The minimum absolute atomic E-state index is 0.0601. The van der Waals surface area contributed by atoms with Gasteiger partial charge in [0, 0.05) is 32.9 Å². The summed E-state index contributed by atoms with van der Waals surface area (Å²) < 4.78 is 39.7. The van der Waals surface area contributed by atoms with Crippen molar-refractivity contribution < 1.29 is 27.6 Å². The van der Waals surface area contributed by atoms with Gasteiger partial charge < -0.3 is 18.9 Å². The van der Waals surface area contributed by atoms with Crippen molar-refractivity contribution in [3.8, 4) is 11.5 Å². The lowest BCUT2D eigenvalue weighted by Gasteiger charge is -2.18. The first-order valence-electron chi connectivity index (χ1n) is 9.10. The summed E-state index contributed by atoms with van der Waals surface area (Å²) in [6, 6.07) is 4.69. The first-order chi connectivity index (χ1) is 13.4. The van der Waals surface area contributed by atoms with Gasteiger partial charge in [-0.1, -0.05) is 18.1 Å². The molecule has 0 aliphatic carbocycles. The van der Waals surface area contributed by atoms with Crippen LogP contribution >= 0.6 is 0 Å². The molecule has 28 heavy (non-hydrogen) atoms. The fourth-order valence-corrected chi connectivity index (χ4v) is 2.67. The van der Waals surface area contributed by atoms with Gasteiger partial charge >= 0.3 is 6.61 Å². The first-order valence-corrected chi connectivity index (χ1v) is 9.10. The molecule has 0 saturated carbocycles. The average Bonchev–Trinajstić information content (AvgIpc) is 3.09. The van der Waals surface area contributed by atoms with Crippen molar-refractivity contribution in [1.82, 2.24) is 15.0 Å². The molecule has 1 aromatic carbocycles. The molecular formula is C19H25F2N3O4. The van der Waals surface area contributed by atoms with Crippen molar-refractivity contribution in [1.29, 1.82) is 0 Å². The van der Waals surface area contributed by atoms with E-state index in [0.717, 1.165) is 12.8 Å². The number of rotatable bonds is 11. The van der Waals surface area contributed by atoms with E-state index in [0.29, 0.717) is 36.5 Å². The summed E-state index contributed by atoms with van der Waals surface area (Å²) in [4.78, 5) is 18.1. The molecule has 0 aliphatic heterocycles. The fraction of sp³-hybridized carbons (Fsp3) is 0.526. The second-order valence-corrected chi connectivity index (χ2v) is 6.32. The SMILES string of the molecule is CCCc1noc(CCCC(=O)N(C)Cc2ccc(OC)c(OC(F)F)c2)n1. The van der Waals surface area contributed by atoms with Gasteiger partial charge in [0.05, 0.1) is 7.11 Å². The lowest BCUT2D eigenvalue weighted by molar-refractivity contribution is -0.130. The molecule has 7 nitrogen and oxygen atoms in total. The number of amides is 1. The molecule has 2 rings (SSSR count). The molecule has 1 aromatic heterocycles. The molecule has 0 bridgehead atoms. The maximum atomic E-state index is 12.5. The van der Waals surface area contributed by atoms with E-state index in [1.165, 1.54) is 24.1 Å². The molecule has 0 fully saturated rings. The van der Waals surface area contributed by atoms with Gasteiger partial charge in [-0.3, -0.25) is 4.79 Å². The quantitative estimate of drug-likeness (QED) is 0.576. The van der Waals surface area contributed by atoms with Crippen LogP contribution < -0.4 is 9.47 Å². The normalized spacial score (nSPS) is 10.9. The van der Waals surface area contributed by atoms with Crippen molar-refractivity contribution in [2.75, 3.05) is 14.2 Å². The monoisotopic (exact) mass is 397 g/mol. The van der Waals surface area contributed by atoms with Crippen LogP contribution in [0.15, 0.2) is 22.7 Å². The number of aryl methyl sites for hydroxylation is 2. The summed E-state index contributed by atoms with van der Waals surface area (Å²) in [5.41, 5.74) is 0.661. The summed E-state index contributed by atoms with van der Waals surface area (Å²) in [6.45, 7) is -0.648. The van der Waals surface area contributed by atoms with Gasteiger partial charge in [-0.2, -0.15) is 13.8 Å². The van der Waals surface area contributed by atoms with Gasteiger partial charge in [0.1, 0.15) is 0 Å². The van der Waals surface area contributed by atoms with Crippen LogP contribution in [-0.2, 0) is 24.2 Å². The number of ether oxygens (including phenoxy) is 2. The Balaban J connectivity index is 1.85. The van der Waals surface area contributed by atoms with Gasteiger partial charge in [-0.25, -0.2) is 0 Å². The maximum absolute atomic E-state index is 12.5. The molecule has 0 saturated heterocycles. The lowest BCUT2D eigenvalue weighted by Crippen LogP contribution is -2.26. The number of hydrogen-bond acceptors (Lipinski definition) is 6. The third-order valence-electron chi connectivity index (χ3n) is 4.05. The molecule has 0 radical (unpaired) electrons. The minimum atomic E-state index is -2.95. The molecule has 9 heteroatoms. The summed E-state index contributed by atoms with van der Waals surface area (Å²) in [5.74, 6) is 1.29. The predicted octanol–water partition coefficient (Wildman–Crippen LogP) is 3.61.